The fourth-order valence-corrected chi connectivity index (χ4v) is 0.988. The van der Waals surface area contributed by atoms with Crippen molar-refractivity contribution in [2.75, 3.05) is 7.11 Å². The van der Waals surface area contributed by atoms with E-state index in [-0.39, 0.29) is 0 Å². The van der Waals surface area contributed by atoms with E-state index < -0.39 is 6.29 Å². The van der Waals surface area contributed by atoms with Crippen molar-refractivity contribution in [1.82, 2.24) is 0 Å². The smallest absolute Gasteiger partial charge is 0.217 e. The summed E-state index contributed by atoms with van der Waals surface area (Å²) in [6.45, 7) is 0. The van der Waals surface area contributed by atoms with Gasteiger partial charge in [-0.2, -0.15) is 5.11 Å². The Morgan fingerprint density at radius 2 is 2.27 bits per heavy atom. The van der Waals surface area contributed by atoms with Gasteiger partial charge >= 0.3 is 0 Å². The zero-order valence-corrected chi connectivity index (χ0v) is 6.84. The molecule has 1 rings (SSSR count). The van der Waals surface area contributed by atoms with Crippen molar-refractivity contribution in [2.24, 2.45) is 0 Å². The van der Waals surface area contributed by atoms with Gasteiger partial charge in [-0.15, -0.1) is 0 Å². The van der Waals surface area contributed by atoms with Crippen LogP contribution in [0, 0.1) is 0 Å². The van der Waals surface area contributed by atoms with Crippen LogP contribution in [0.3, 0.4) is 0 Å². The Hall–Kier alpha value is -0.570. The molecule has 0 amide bonds. The van der Waals surface area contributed by atoms with Crippen LogP contribution in [0.5, 0.6) is 0 Å². The van der Waals surface area contributed by atoms with Crippen molar-refractivity contribution >= 4 is 11.6 Å². The summed E-state index contributed by atoms with van der Waals surface area (Å²) in [4.78, 5) is 0. The summed E-state index contributed by atoms with van der Waals surface area (Å²) in [5.41, 5.74) is 0.556. The Bertz CT molecular complexity index is 237. The van der Waals surface area contributed by atoms with E-state index in [1.807, 2.05) is 0 Å². The molecule has 11 heavy (non-hydrogen) atoms. The van der Waals surface area contributed by atoms with Gasteiger partial charge in [-0.25, -0.2) is 0 Å². The molecule has 0 spiro atoms. The molecule has 2 nitrogen and oxygen atoms in total. The molecule has 0 fully saturated rings. The second-order valence-corrected chi connectivity index (χ2v) is 2.56. The van der Waals surface area contributed by atoms with Crippen LogP contribution in [0.25, 0.3) is 0 Å². The molecule has 1 unspecified atom stereocenters. The van der Waals surface area contributed by atoms with Gasteiger partial charge in [0.2, 0.25) is 6.29 Å². The molecule has 1 radical (unpaired) electrons. The molecule has 59 valence electrons. The maximum atomic E-state index is 11.0. The minimum atomic E-state index is -1.13. The summed E-state index contributed by atoms with van der Waals surface area (Å²) < 4.78 is 4.58. The van der Waals surface area contributed by atoms with Crippen LogP contribution in [0.1, 0.15) is 11.9 Å². The van der Waals surface area contributed by atoms with E-state index in [1.165, 1.54) is 7.11 Å². The third kappa shape index (κ3) is 2.19. The fraction of sp³-hybridized carbons (Fsp3) is 0.250. The molecule has 0 saturated carbocycles. The molecule has 0 aliphatic heterocycles. The maximum absolute atomic E-state index is 11.0. The zero-order valence-electron chi connectivity index (χ0n) is 6.08. The van der Waals surface area contributed by atoms with Gasteiger partial charge in [0.05, 0.1) is 0 Å². The molecular weight excluding hydrogens is 164 g/mol. The summed E-state index contributed by atoms with van der Waals surface area (Å²) in [5, 5.41) is 11.5. The average Bonchev–Trinajstić information content (AvgIpc) is 2.03. The molecule has 0 aromatic heterocycles. The number of ether oxygens (including phenoxy) is 1. The van der Waals surface area contributed by atoms with E-state index in [2.05, 4.69) is 4.74 Å². The molecule has 1 aromatic rings. The first-order chi connectivity index (χ1) is 5.24. The van der Waals surface area contributed by atoms with Crippen LogP contribution in [-0.4, -0.2) is 7.11 Å². The van der Waals surface area contributed by atoms with E-state index in [1.54, 1.807) is 24.3 Å². The van der Waals surface area contributed by atoms with Gasteiger partial charge in [-0.05, 0) is 12.1 Å². The van der Waals surface area contributed by atoms with Crippen molar-refractivity contribution in [3.8, 4) is 0 Å². The van der Waals surface area contributed by atoms with E-state index >= 15 is 0 Å². The van der Waals surface area contributed by atoms with E-state index in [0.29, 0.717) is 10.6 Å². The number of halogens is 1. The van der Waals surface area contributed by atoms with Crippen LogP contribution in [0.2, 0.25) is 5.02 Å². The predicted molar refractivity (Wildman–Crippen MR) is 41.9 cm³/mol. The second-order valence-electron chi connectivity index (χ2n) is 2.12. The van der Waals surface area contributed by atoms with Gasteiger partial charge in [0.15, 0.2) is 0 Å². The zero-order chi connectivity index (χ0) is 8.27. The first-order valence-electron chi connectivity index (χ1n) is 3.18. The largest absolute Gasteiger partial charge is 0.349 e. The molecule has 1 atom stereocenters. The number of rotatable bonds is 2. The highest BCUT2D eigenvalue weighted by atomic mass is 35.5. The molecule has 0 N–H and O–H groups in total. The second kappa shape index (κ2) is 3.72. The Balaban J connectivity index is 2.86. The van der Waals surface area contributed by atoms with Gasteiger partial charge in [0.25, 0.3) is 0 Å². The van der Waals surface area contributed by atoms with Crippen molar-refractivity contribution in [1.29, 1.82) is 0 Å². The summed E-state index contributed by atoms with van der Waals surface area (Å²) in [5.74, 6) is 0. The summed E-state index contributed by atoms with van der Waals surface area (Å²) >= 11 is 5.65. The number of hydrogen-bond acceptors (Lipinski definition) is 1. The van der Waals surface area contributed by atoms with Crippen LogP contribution in [0.15, 0.2) is 24.3 Å². The average molecular weight is 172 g/mol. The Morgan fingerprint density at radius 3 is 2.82 bits per heavy atom. The van der Waals surface area contributed by atoms with Crippen molar-refractivity contribution in [3.63, 3.8) is 0 Å². The highest BCUT2D eigenvalue weighted by Crippen LogP contribution is 2.17. The monoisotopic (exact) mass is 171 g/mol. The van der Waals surface area contributed by atoms with Crippen molar-refractivity contribution < 1.29 is 9.84 Å². The van der Waals surface area contributed by atoms with Crippen LogP contribution in [0.4, 0.5) is 0 Å². The lowest BCUT2D eigenvalue weighted by molar-refractivity contribution is -0.123. The highest BCUT2D eigenvalue weighted by molar-refractivity contribution is 6.30. The molecule has 0 heterocycles. The number of methoxy groups -OCH3 is 1. The third-order valence-electron chi connectivity index (χ3n) is 1.33. The normalized spacial score (nSPS) is 13.0. The molecular formula is C8H8ClO2. The lowest BCUT2D eigenvalue weighted by Gasteiger charge is -2.05. The van der Waals surface area contributed by atoms with Gasteiger partial charge < -0.3 is 4.74 Å². The molecule has 1 aromatic carbocycles. The van der Waals surface area contributed by atoms with E-state index in [4.69, 9.17) is 11.6 Å². The first kappa shape index (κ1) is 8.53. The van der Waals surface area contributed by atoms with Gasteiger partial charge in [-0.1, -0.05) is 23.7 Å². The molecule has 0 saturated heterocycles. The van der Waals surface area contributed by atoms with Gasteiger partial charge in [0, 0.05) is 17.7 Å². The van der Waals surface area contributed by atoms with Crippen molar-refractivity contribution in [2.45, 2.75) is 6.29 Å². The Kier molecular flexibility index (Phi) is 2.88. The molecule has 0 aliphatic carbocycles. The Labute approximate surface area is 70.4 Å². The molecule has 3 heteroatoms. The highest BCUT2D eigenvalue weighted by Gasteiger charge is 2.06. The standard InChI is InChI=1S/C8H8ClO2/c1-11-8(10)6-3-2-4-7(9)5-6/h2-5,8H,1H3. The topological polar surface area (TPSA) is 29.1 Å². The van der Waals surface area contributed by atoms with Crippen LogP contribution >= 0.6 is 11.6 Å². The van der Waals surface area contributed by atoms with E-state index in [9.17, 15) is 5.11 Å². The SMILES string of the molecule is COC([O])c1cccc(Cl)c1. The number of benzene rings is 1. The quantitative estimate of drug-likeness (QED) is 0.629. The van der Waals surface area contributed by atoms with Crippen molar-refractivity contribution in [3.05, 3.63) is 34.9 Å². The summed E-state index contributed by atoms with van der Waals surface area (Å²) in [6.07, 6.45) is -1.13. The lowest BCUT2D eigenvalue weighted by atomic mass is 10.2. The molecule has 0 bridgehead atoms. The van der Waals surface area contributed by atoms with Crippen LogP contribution < -0.4 is 0 Å². The van der Waals surface area contributed by atoms with Gasteiger partial charge in [0.1, 0.15) is 0 Å². The van der Waals surface area contributed by atoms with Gasteiger partial charge in [-0.3, -0.25) is 0 Å². The first-order valence-corrected chi connectivity index (χ1v) is 3.56. The predicted octanol–water partition coefficient (Wildman–Crippen LogP) is 2.42. The van der Waals surface area contributed by atoms with Crippen LogP contribution in [-0.2, 0) is 9.84 Å². The minimum Gasteiger partial charge on any atom is -0.349 e. The summed E-state index contributed by atoms with van der Waals surface area (Å²) in [7, 11) is 1.37. The third-order valence-corrected chi connectivity index (χ3v) is 1.57. The fourth-order valence-electron chi connectivity index (χ4n) is 0.789. The molecule has 0 aliphatic rings. The summed E-state index contributed by atoms with van der Waals surface area (Å²) in [6, 6.07) is 6.73. The lowest BCUT2D eigenvalue weighted by Crippen LogP contribution is -1.96. The Morgan fingerprint density at radius 1 is 1.55 bits per heavy atom. The van der Waals surface area contributed by atoms with E-state index in [0.717, 1.165) is 0 Å². The number of hydrogen-bond donors (Lipinski definition) is 0. The minimum absolute atomic E-state index is 0.556. The maximum Gasteiger partial charge on any atom is 0.217 e.